The van der Waals surface area contributed by atoms with Gasteiger partial charge in [0.2, 0.25) is 0 Å². The highest BCUT2D eigenvalue weighted by Gasteiger charge is 2.14. The number of hydrogen-bond acceptors (Lipinski definition) is 5. The third-order valence-corrected chi connectivity index (χ3v) is 4.93. The molecule has 3 aromatic rings. The Kier molecular flexibility index (Phi) is 5.55. The SMILES string of the molecule is Cc1ccccc1-c1n[nH]c(=O)n1-c1ccc(OCCN2CCOCC2)cc1. The predicted octanol–water partition coefficient (Wildman–Crippen LogP) is 2.25. The van der Waals surface area contributed by atoms with E-state index in [0.29, 0.717) is 12.4 Å². The van der Waals surface area contributed by atoms with Crippen molar-refractivity contribution in [2.75, 3.05) is 39.5 Å². The van der Waals surface area contributed by atoms with Gasteiger partial charge < -0.3 is 9.47 Å². The molecule has 1 saturated heterocycles. The molecule has 7 nitrogen and oxygen atoms in total. The standard InChI is InChI=1S/C21H24N4O3/c1-16-4-2-3-5-19(16)20-22-23-21(26)25(20)17-6-8-18(9-7-17)28-15-12-24-10-13-27-14-11-24/h2-9H,10-15H2,1H3,(H,23,26). The average molecular weight is 380 g/mol. The number of morpholine rings is 1. The fourth-order valence-corrected chi connectivity index (χ4v) is 3.35. The highest BCUT2D eigenvalue weighted by Crippen LogP contribution is 2.23. The molecule has 1 aromatic heterocycles. The van der Waals surface area contributed by atoms with Gasteiger partial charge in [-0.3, -0.25) is 4.90 Å². The molecule has 0 amide bonds. The minimum Gasteiger partial charge on any atom is -0.492 e. The van der Waals surface area contributed by atoms with Crippen LogP contribution < -0.4 is 10.4 Å². The van der Waals surface area contributed by atoms with E-state index in [1.807, 2.05) is 55.5 Å². The Bertz CT molecular complexity index is 972. The van der Waals surface area contributed by atoms with Crippen molar-refractivity contribution in [2.24, 2.45) is 0 Å². The first-order valence-corrected chi connectivity index (χ1v) is 9.49. The van der Waals surface area contributed by atoms with Gasteiger partial charge in [-0.15, -0.1) is 0 Å². The van der Waals surface area contributed by atoms with E-state index in [1.165, 1.54) is 0 Å². The molecule has 2 heterocycles. The number of H-pyrrole nitrogens is 1. The second-order valence-corrected chi connectivity index (χ2v) is 6.80. The molecule has 0 atom stereocenters. The summed E-state index contributed by atoms with van der Waals surface area (Å²) in [7, 11) is 0. The number of rotatable bonds is 6. The predicted molar refractivity (Wildman–Crippen MR) is 107 cm³/mol. The zero-order valence-corrected chi connectivity index (χ0v) is 15.9. The van der Waals surface area contributed by atoms with E-state index in [4.69, 9.17) is 9.47 Å². The van der Waals surface area contributed by atoms with Crippen LogP contribution in [0.2, 0.25) is 0 Å². The summed E-state index contributed by atoms with van der Waals surface area (Å²) in [5, 5.41) is 6.78. The van der Waals surface area contributed by atoms with Gasteiger partial charge in [0.05, 0.1) is 18.9 Å². The van der Waals surface area contributed by atoms with E-state index in [-0.39, 0.29) is 5.69 Å². The van der Waals surface area contributed by atoms with E-state index in [9.17, 15) is 4.79 Å². The molecule has 0 bridgehead atoms. The van der Waals surface area contributed by atoms with Gasteiger partial charge >= 0.3 is 5.69 Å². The summed E-state index contributed by atoms with van der Waals surface area (Å²) >= 11 is 0. The molecular weight excluding hydrogens is 356 g/mol. The van der Waals surface area contributed by atoms with Crippen molar-refractivity contribution >= 4 is 0 Å². The van der Waals surface area contributed by atoms with Crippen LogP contribution in [0.1, 0.15) is 5.56 Å². The number of aromatic nitrogens is 3. The molecule has 1 fully saturated rings. The first kappa shape index (κ1) is 18.5. The topological polar surface area (TPSA) is 72.4 Å². The van der Waals surface area contributed by atoms with E-state index >= 15 is 0 Å². The minimum atomic E-state index is -0.265. The summed E-state index contributed by atoms with van der Waals surface area (Å²) in [6.07, 6.45) is 0. The Balaban J connectivity index is 1.48. The lowest BCUT2D eigenvalue weighted by Gasteiger charge is -2.26. The minimum absolute atomic E-state index is 0.265. The summed E-state index contributed by atoms with van der Waals surface area (Å²) < 4.78 is 12.8. The summed E-state index contributed by atoms with van der Waals surface area (Å²) in [5.74, 6) is 1.38. The van der Waals surface area contributed by atoms with Crippen molar-refractivity contribution in [3.63, 3.8) is 0 Å². The molecule has 0 unspecified atom stereocenters. The first-order chi connectivity index (χ1) is 13.7. The van der Waals surface area contributed by atoms with Crippen LogP contribution in [0.25, 0.3) is 17.1 Å². The number of aromatic amines is 1. The van der Waals surface area contributed by atoms with Gasteiger partial charge in [0.15, 0.2) is 5.82 Å². The number of nitrogens with zero attached hydrogens (tertiary/aromatic N) is 3. The Labute approximate surface area is 163 Å². The van der Waals surface area contributed by atoms with Crippen LogP contribution in [0, 0.1) is 6.92 Å². The molecular formula is C21H24N4O3. The molecule has 4 rings (SSSR count). The molecule has 2 aromatic carbocycles. The summed E-state index contributed by atoms with van der Waals surface area (Å²) in [4.78, 5) is 14.7. The molecule has 0 radical (unpaired) electrons. The van der Waals surface area contributed by atoms with Crippen LogP contribution in [0.15, 0.2) is 53.3 Å². The van der Waals surface area contributed by atoms with Gasteiger partial charge in [-0.2, -0.15) is 5.10 Å². The zero-order valence-electron chi connectivity index (χ0n) is 15.9. The van der Waals surface area contributed by atoms with Crippen LogP contribution in [-0.2, 0) is 4.74 Å². The number of benzene rings is 2. The highest BCUT2D eigenvalue weighted by molar-refractivity contribution is 5.62. The smallest absolute Gasteiger partial charge is 0.348 e. The summed E-state index contributed by atoms with van der Waals surface area (Å²) in [6, 6.07) is 15.4. The fourth-order valence-electron chi connectivity index (χ4n) is 3.35. The molecule has 146 valence electrons. The van der Waals surface area contributed by atoms with E-state index in [1.54, 1.807) is 4.57 Å². The van der Waals surface area contributed by atoms with E-state index in [0.717, 1.165) is 55.4 Å². The Morgan fingerprint density at radius 3 is 2.61 bits per heavy atom. The maximum atomic E-state index is 12.4. The van der Waals surface area contributed by atoms with Crippen molar-refractivity contribution in [1.82, 2.24) is 19.7 Å². The number of aryl methyl sites for hydroxylation is 1. The monoisotopic (exact) mass is 380 g/mol. The van der Waals surface area contributed by atoms with Gasteiger partial charge in [0, 0.05) is 25.2 Å². The van der Waals surface area contributed by atoms with E-state index in [2.05, 4.69) is 15.1 Å². The van der Waals surface area contributed by atoms with Crippen LogP contribution in [0.3, 0.4) is 0 Å². The number of nitrogens with one attached hydrogen (secondary N) is 1. The van der Waals surface area contributed by atoms with Crippen molar-refractivity contribution in [3.05, 3.63) is 64.6 Å². The first-order valence-electron chi connectivity index (χ1n) is 9.49. The van der Waals surface area contributed by atoms with E-state index < -0.39 is 0 Å². The maximum Gasteiger partial charge on any atom is 0.348 e. The van der Waals surface area contributed by atoms with Gasteiger partial charge in [-0.25, -0.2) is 14.5 Å². The van der Waals surface area contributed by atoms with Gasteiger partial charge in [0.25, 0.3) is 0 Å². The lowest BCUT2D eigenvalue weighted by molar-refractivity contribution is 0.0322. The zero-order chi connectivity index (χ0) is 19.3. The summed E-state index contributed by atoms with van der Waals surface area (Å²) in [5.41, 5.74) is 2.47. The van der Waals surface area contributed by atoms with Gasteiger partial charge in [-0.1, -0.05) is 24.3 Å². The second kappa shape index (κ2) is 8.41. The third-order valence-electron chi connectivity index (χ3n) is 4.93. The van der Waals surface area contributed by atoms with Crippen molar-refractivity contribution in [3.8, 4) is 22.8 Å². The molecule has 28 heavy (non-hydrogen) atoms. The van der Waals surface area contributed by atoms with Gasteiger partial charge in [0.1, 0.15) is 12.4 Å². The highest BCUT2D eigenvalue weighted by atomic mass is 16.5. The molecule has 1 N–H and O–H groups in total. The van der Waals surface area contributed by atoms with Crippen molar-refractivity contribution < 1.29 is 9.47 Å². The normalized spacial score (nSPS) is 14.9. The largest absolute Gasteiger partial charge is 0.492 e. The fraction of sp³-hybridized carbons (Fsp3) is 0.333. The van der Waals surface area contributed by atoms with Crippen LogP contribution in [-0.4, -0.2) is 59.1 Å². The van der Waals surface area contributed by atoms with Crippen LogP contribution >= 0.6 is 0 Å². The molecule has 1 aliphatic rings. The van der Waals surface area contributed by atoms with Crippen molar-refractivity contribution in [2.45, 2.75) is 6.92 Å². The lowest BCUT2D eigenvalue weighted by Crippen LogP contribution is -2.38. The lowest BCUT2D eigenvalue weighted by atomic mass is 10.1. The van der Waals surface area contributed by atoms with Crippen molar-refractivity contribution in [1.29, 1.82) is 0 Å². The Morgan fingerprint density at radius 1 is 1.11 bits per heavy atom. The molecule has 0 spiro atoms. The van der Waals surface area contributed by atoms with Crippen LogP contribution in [0.5, 0.6) is 5.75 Å². The quantitative estimate of drug-likeness (QED) is 0.710. The molecule has 1 aliphatic heterocycles. The number of ether oxygens (including phenoxy) is 2. The molecule has 0 aliphatic carbocycles. The second-order valence-electron chi connectivity index (χ2n) is 6.80. The maximum absolute atomic E-state index is 12.4. The Hall–Kier alpha value is -2.90. The Morgan fingerprint density at radius 2 is 1.86 bits per heavy atom. The van der Waals surface area contributed by atoms with Crippen LogP contribution in [0.4, 0.5) is 0 Å². The number of hydrogen-bond donors (Lipinski definition) is 1. The molecule has 7 heteroatoms. The van der Waals surface area contributed by atoms with Gasteiger partial charge in [-0.05, 0) is 36.8 Å². The third kappa shape index (κ3) is 4.00. The molecule has 0 saturated carbocycles. The average Bonchev–Trinajstić information content (AvgIpc) is 3.11. The summed E-state index contributed by atoms with van der Waals surface area (Å²) in [6.45, 7) is 6.99.